The monoisotopic (exact) mass is 343 g/mol. The second-order valence-electron chi connectivity index (χ2n) is 5.52. The predicted octanol–water partition coefficient (Wildman–Crippen LogP) is 4.09. The number of nitrogens with one attached hydrogen (secondary N) is 1. The van der Waals surface area contributed by atoms with Crippen molar-refractivity contribution in [1.82, 2.24) is 5.32 Å². The first-order valence-corrected chi connectivity index (χ1v) is 7.78. The van der Waals surface area contributed by atoms with E-state index in [1.165, 1.54) is 10.8 Å². The Labute approximate surface area is 148 Å². The van der Waals surface area contributed by atoms with Gasteiger partial charge in [-0.2, -0.15) is 0 Å². The molecule has 0 saturated heterocycles. The molecule has 3 rings (SSSR count). The van der Waals surface area contributed by atoms with Gasteiger partial charge in [0.25, 0.3) is 0 Å². The van der Waals surface area contributed by atoms with Gasteiger partial charge in [-0.15, -0.1) is 12.4 Å². The molecule has 24 heavy (non-hydrogen) atoms. The van der Waals surface area contributed by atoms with Gasteiger partial charge in [0.2, 0.25) is 0 Å². The molecule has 0 aliphatic rings. The summed E-state index contributed by atoms with van der Waals surface area (Å²) in [5.41, 5.74) is 2.04. The number of fused-ring (bicyclic) bond motifs is 1. The normalized spacial score (nSPS) is 11.8. The molecule has 3 nitrogen and oxygen atoms in total. The fourth-order valence-electron chi connectivity index (χ4n) is 2.82. The molecular weight excluding hydrogens is 322 g/mol. The number of rotatable bonds is 6. The number of hydrogen-bond acceptors (Lipinski definition) is 3. The number of ether oxygens (including phenoxy) is 1. The van der Waals surface area contributed by atoms with Crippen LogP contribution in [0.25, 0.3) is 10.8 Å². The van der Waals surface area contributed by atoms with E-state index in [2.05, 4.69) is 23.5 Å². The second-order valence-corrected chi connectivity index (χ2v) is 5.52. The fraction of sp³-hybridized carbons (Fsp3) is 0.200. The lowest BCUT2D eigenvalue weighted by atomic mass is 10.0. The maximum absolute atomic E-state index is 10.2. The SMILES string of the molecule is COc1ccc2ccccc2c1CNCC(O)c1ccccc1.Cl. The third-order valence-corrected chi connectivity index (χ3v) is 4.04. The van der Waals surface area contributed by atoms with Crippen molar-refractivity contribution in [2.45, 2.75) is 12.6 Å². The first kappa shape index (κ1) is 18.3. The van der Waals surface area contributed by atoms with E-state index in [4.69, 9.17) is 4.74 Å². The molecule has 4 heteroatoms. The number of halogens is 1. The van der Waals surface area contributed by atoms with E-state index in [-0.39, 0.29) is 12.4 Å². The molecule has 0 fully saturated rings. The number of hydrogen-bond donors (Lipinski definition) is 2. The molecule has 0 radical (unpaired) electrons. The van der Waals surface area contributed by atoms with Crippen LogP contribution in [0.4, 0.5) is 0 Å². The highest BCUT2D eigenvalue weighted by molar-refractivity contribution is 5.87. The maximum atomic E-state index is 10.2. The minimum Gasteiger partial charge on any atom is -0.496 e. The van der Waals surface area contributed by atoms with Crippen molar-refractivity contribution in [3.63, 3.8) is 0 Å². The van der Waals surface area contributed by atoms with Crippen molar-refractivity contribution in [1.29, 1.82) is 0 Å². The second kappa shape index (κ2) is 8.69. The molecular formula is C20H22ClNO2. The van der Waals surface area contributed by atoms with Crippen molar-refractivity contribution in [3.8, 4) is 5.75 Å². The summed E-state index contributed by atoms with van der Waals surface area (Å²) in [5, 5.41) is 15.9. The Balaban J connectivity index is 0.00000208. The van der Waals surface area contributed by atoms with Crippen LogP contribution in [0.5, 0.6) is 5.75 Å². The summed E-state index contributed by atoms with van der Waals surface area (Å²) in [4.78, 5) is 0. The summed E-state index contributed by atoms with van der Waals surface area (Å²) in [5.74, 6) is 0.866. The zero-order valence-electron chi connectivity index (χ0n) is 13.6. The Morgan fingerprint density at radius 1 is 0.958 bits per heavy atom. The Morgan fingerprint density at radius 3 is 2.42 bits per heavy atom. The average Bonchev–Trinajstić information content (AvgIpc) is 2.62. The molecule has 0 bridgehead atoms. The smallest absolute Gasteiger partial charge is 0.123 e. The highest BCUT2D eigenvalue weighted by atomic mass is 35.5. The van der Waals surface area contributed by atoms with Crippen LogP contribution in [0.15, 0.2) is 66.7 Å². The minimum atomic E-state index is -0.517. The topological polar surface area (TPSA) is 41.5 Å². The van der Waals surface area contributed by atoms with Gasteiger partial charge >= 0.3 is 0 Å². The van der Waals surface area contributed by atoms with Crippen molar-refractivity contribution >= 4 is 23.2 Å². The number of aliphatic hydroxyl groups excluding tert-OH is 1. The molecule has 0 amide bonds. The van der Waals surface area contributed by atoms with Crippen LogP contribution in [-0.2, 0) is 6.54 Å². The van der Waals surface area contributed by atoms with E-state index in [1.54, 1.807) is 7.11 Å². The molecule has 1 atom stereocenters. The Bertz CT molecular complexity index is 777. The molecule has 0 spiro atoms. The van der Waals surface area contributed by atoms with Gasteiger partial charge < -0.3 is 15.2 Å². The van der Waals surface area contributed by atoms with E-state index in [1.807, 2.05) is 48.5 Å². The Kier molecular flexibility index (Phi) is 6.62. The van der Waals surface area contributed by atoms with E-state index in [0.29, 0.717) is 13.1 Å². The van der Waals surface area contributed by atoms with Crippen LogP contribution in [-0.4, -0.2) is 18.8 Å². The predicted molar refractivity (Wildman–Crippen MR) is 101 cm³/mol. The summed E-state index contributed by atoms with van der Waals surface area (Å²) in [7, 11) is 1.69. The highest BCUT2D eigenvalue weighted by Gasteiger charge is 2.10. The van der Waals surface area contributed by atoms with Crippen LogP contribution in [0.1, 0.15) is 17.2 Å². The standard InChI is InChI=1S/C20H21NO2.ClH/c1-23-20-12-11-15-7-5-6-10-17(15)18(20)13-21-14-19(22)16-8-3-2-4-9-16;/h2-12,19,21-22H,13-14H2,1H3;1H. The number of aliphatic hydroxyl groups is 1. The fourth-order valence-corrected chi connectivity index (χ4v) is 2.82. The minimum absolute atomic E-state index is 0. The Hall–Kier alpha value is -2.07. The van der Waals surface area contributed by atoms with Crippen LogP contribution in [0, 0.1) is 0 Å². The molecule has 126 valence electrons. The van der Waals surface area contributed by atoms with E-state index in [0.717, 1.165) is 16.9 Å². The van der Waals surface area contributed by atoms with Gasteiger partial charge in [0.15, 0.2) is 0 Å². The molecule has 0 aliphatic heterocycles. The zero-order chi connectivity index (χ0) is 16.1. The first-order chi connectivity index (χ1) is 11.3. The zero-order valence-corrected chi connectivity index (χ0v) is 14.4. The summed E-state index contributed by atoms with van der Waals surface area (Å²) in [6.07, 6.45) is -0.517. The van der Waals surface area contributed by atoms with Crippen LogP contribution < -0.4 is 10.1 Å². The molecule has 0 heterocycles. The van der Waals surface area contributed by atoms with Gasteiger partial charge in [-0.3, -0.25) is 0 Å². The van der Waals surface area contributed by atoms with Crippen molar-refractivity contribution in [3.05, 3.63) is 77.9 Å². The van der Waals surface area contributed by atoms with E-state index < -0.39 is 6.10 Å². The molecule has 3 aromatic rings. The number of benzene rings is 3. The van der Waals surface area contributed by atoms with Gasteiger partial charge in [-0.05, 0) is 22.4 Å². The lowest BCUT2D eigenvalue weighted by Crippen LogP contribution is -2.21. The summed E-state index contributed by atoms with van der Waals surface area (Å²) in [6, 6.07) is 22.0. The molecule has 0 aromatic heterocycles. The van der Waals surface area contributed by atoms with Crippen molar-refractivity contribution < 1.29 is 9.84 Å². The van der Waals surface area contributed by atoms with Gasteiger partial charge in [0.05, 0.1) is 13.2 Å². The third kappa shape index (κ3) is 4.06. The van der Waals surface area contributed by atoms with Gasteiger partial charge in [0, 0.05) is 18.7 Å². The van der Waals surface area contributed by atoms with Crippen LogP contribution >= 0.6 is 12.4 Å². The highest BCUT2D eigenvalue weighted by Crippen LogP contribution is 2.27. The lowest BCUT2D eigenvalue weighted by molar-refractivity contribution is 0.174. The summed E-state index contributed by atoms with van der Waals surface area (Å²) in [6.45, 7) is 1.14. The van der Waals surface area contributed by atoms with Gasteiger partial charge in [-0.25, -0.2) is 0 Å². The maximum Gasteiger partial charge on any atom is 0.123 e. The molecule has 0 aliphatic carbocycles. The lowest BCUT2D eigenvalue weighted by Gasteiger charge is -2.15. The van der Waals surface area contributed by atoms with Crippen molar-refractivity contribution in [2.75, 3.05) is 13.7 Å². The van der Waals surface area contributed by atoms with E-state index in [9.17, 15) is 5.11 Å². The van der Waals surface area contributed by atoms with Crippen molar-refractivity contribution in [2.24, 2.45) is 0 Å². The number of methoxy groups -OCH3 is 1. The molecule has 0 saturated carbocycles. The van der Waals surface area contributed by atoms with Gasteiger partial charge in [0.1, 0.15) is 5.75 Å². The molecule has 2 N–H and O–H groups in total. The largest absolute Gasteiger partial charge is 0.496 e. The summed E-state index contributed by atoms with van der Waals surface area (Å²) < 4.78 is 5.49. The quantitative estimate of drug-likeness (QED) is 0.708. The van der Waals surface area contributed by atoms with Crippen LogP contribution in [0.3, 0.4) is 0 Å². The molecule has 3 aromatic carbocycles. The summed E-state index contributed by atoms with van der Waals surface area (Å²) >= 11 is 0. The third-order valence-electron chi connectivity index (χ3n) is 4.04. The Morgan fingerprint density at radius 2 is 1.67 bits per heavy atom. The molecule has 1 unspecified atom stereocenters. The first-order valence-electron chi connectivity index (χ1n) is 7.78. The van der Waals surface area contributed by atoms with Crippen LogP contribution in [0.2, 0.25) is 0 Å². The average molecular weight is 344 g/mol. The van der Waals surface area contributed by atoms with Gasteiger partial charge in [-0.1, -0.05) is 60.7 Å². The van der Waals surface area contributed by atoms with E-state index >= 15 is 0 Å².